The molecule has 0 unspecified atom stereocenters. The summed E-state index contributed by atoms with van der Waals surface area (Å²) in [4.78, 5) is 12.0. The van der Waals surface area contributed by atoms with E-state index in [1.165, 1.54) is 0 Å². The lowest BCUT2D eigenvalue weighted by Gasteiger charge is -2.11. The maximum Gasteiger partial charge on any atom is 0.252 e. The Balaban J connectivity index is 1.82. The molecule has 0 aromatic heterocycles. The SMILES string of the molecule is COc1ccccc1OCCNC(=O)c1ccccc1I. The lowest BCUT2D eigenvalue weighted by molar-refractivity contribution is 0.0946. The summed E-state index contributed by atoms with van der Waals surface area (Å²) in [6, 6.07) is 14.9. The van der Waals surface area contributed by atoms with Crippen molar-refractivity contribution in [1.82, 2.24) is 5.32 Å². The third kappa shape index (κ3) is 4.35. The first-order valence-electron chi connectivity index (χ1n) is 6.51. The zero-order valence-corrected chi connectivity index (χ0v) is 13.8. The molecule has 0 saturated heterocycles. The molecule has 110 valence electrons. The Morgan fingerprint density at radius 1 is 1.10 bits per heavy atom. The first-order chi connectivity index (χ1) is 10.2. The Kier molecular flexibility index (Phi) is 5.86. The van der Waals surface area contributed by atoms with Crippen LogP contribution < -0.4 is 14.8 Å². The van der Waals surface area contributed by atoms with E-state index in [4.69, 9.17) is 9.47 Å². The first kappa shape index (κ1) is 15.6. The Morgan fingerprint density at radius 2 is 1.76 bits per heavy atom. The molecule has 0 radical (unpaired) electrons. The molecule has 0 spiro atoms. The highest BCUT2D eigenvalue weighted by Crippen LogP contribution is 2.25. The average Bonchev–Trinajstić information content (AvgIpc) is 2.52. The maximum atomic E-state index is 12.0. The topological polar surface area (TPSA) is 47.6 Å². The monoisotopic (exact) mass is 397 g/mol. The van der Waals surface area contributed by atoms with Crippen molar-refractivity contribution < 1.29 is 14.3 Å². The normalized spacial score (nSPS) is 10.0. The highest BCUT2D eigenvalue weighted by atomic mass is 127. The van der Waals surface area contributed by atoms with Crippen LogP contribution in [0, 0.1) is 3.57 Å². The highest BCUT2D eigenvalue weighted by Gasteiger charge is 2.08. The van der Waals surface area contributed by atoms with Crippen molar-refractivity contribution in [2.24, 2.45) is 0 Å². The Bertz CT molecular complexity index is 616. The lowest BCUT2D eigenvalue weighted by Crippen LogP contribution is -2.28. The molecule has 0 fully saturated rings. The van der Waals surface area contributed by atoms with Crippen molar-refractivity contribution in [3.8, 4) is 11.5 Å². The first-order valence-corrected chi connectivity index (χ1v) is 7.59. The van der Waals surface area contributed by atoms with E-state index in [-0.39, 0.29) is 5.91 Å². The molecule has 0 atom stereocenters. The number of rotatable bonds is 6. The van der Waals surface area contributed by atoms with Crippen LogP contribution in [0.4, 0.5) is 0 Å². The summed E-state index contributed by atoms with van der Waals surface area (Å²) in [5.41, 5.74) is 0.676. The maximum absolute atomic E-state index is 12.0. The number of halogens is 1. The molecule has 1 N–H and O–H groups in total. The molecule has 4 nitrogen and oxygen atoms in total. The number of para-hydroxylation sites is 2. The van der Waals surface area contributed by atoms with Gasteiger partial charge in [0.15, 0.2) is 11.5 Å². The van der Waals surface area contributed by atoms with Crippen LogP contribution in [0.2, 0.25) is 0 Å². The molecular formula is C16H16INO3. The molecule has 0 bridgehead atoms. The van der Waals surface area contributed by atoms with E-state index in [9.17, 15) is 4.79 Å². The average molecular weight is 397 g/mol. The molecule has 0 aliphatic rings. The van der Waals surface area contributed by atoms with E-state index < -0.39 is 0 Å². The second-order valence-electron chi connectivity index (χ2n) is 4.24. The minimum Gasteiger partial charge on any atom is -0.493 e. The Labute approximate surface area is 137 Å². The van der Waals surface area contributed by atoms with E-state index in [0.29, 0.717) is 30.2 Å². The zero-order valence-electron chi connectivity index (χ0n) is 11.6. The van der Waals surface area contributed by atoms with Crippen molar-refractivity contribution in [3.63, 3.8) is 0 Å². The van der Waals surface area contributed by atoms with Crippen LogP contribution >= 0.6 is 22.6 Å². The van der Waals surface area contributed by atoms with Gasteiger partial charge in [-0.05, 0) is 46.9 Å². The van der Waals surface area contributed by atoms with Gasteiger partial charge in [-0.1, -0.05) is 24.3 Å². The lowest BCUT2D eigenvalue weighted by atomic mass is 10.2. The molecule has 5 heteroatoms. The second-order valence-corrected chi connectivity index (χ2v) is 5.40. The smallest absolute Gasteiger partial charge is 0.252 e. The van der Waals surface area contributed by atoms with Crippen molar-refractivity contribution in [3.05, 3.63) is 57.7 Å². The number of carbonyl (C=O) groups is 1. The zero-order chi connectivity index (χ0) is 15.1. The van der Waals surface area contributed by atoms with Gasteiger partial charge in [-0.2, -0.15) is 0 Å². The number of amides is 1. The molecule has 1 amide bonds. The van der Waals surface area contributed by atoms with Gasteiger partial charge < -0.3 is 14.8 Å². The van der Waals surface area contributed by atoms with Gasteiger partial charge in [0, 0.05) is 3.57 Å². The van der Waals surface area contributed by atoms with E-state index in [1.807, 2.05) is 42.5 Å². The minimum atomic E-state index is -0.0939. The van der Waals surface area contributed by atoms with Gasteiger partial charge in [-0.25, -0.2) is 0 Å². The largest absolute Gasteiger partial charge is 0.493 e. The van der Waals surface area contributed by atoms with Crippen LogP contribution in [0.1, 0.15) is 10.4 Å². The number of benzene rings is 2. The van der Waals surface area contributed by atoms with Crippen molar-refractivity contribution in [2.75, 3.05) is 20.3 Å². The molecule has 0 heterocycles. The van der Waals surface area contributed by atoms with Crippen LogP contribution in [-0.2, 0) is 0 Å². The van der Waals surface area contributed by atoms with Gasteiger partial charge in [0.05, 0.1) is 19.2 Å². The van der Waals surface area contributed by atoms with Crippen LogP contribution in [0.25, 0.3) is 0 Å². The molecule has 0 aliphatic carbocycles. The molecule has 2 aromatic carbocycles. The van der Waals surface area contributed by atoms with Gasteiger partial charge in [0.1, 0.15) is 6.61 Å². The second kappa shape index (κ2) is 7.87. The summed E-state index contributed by atoms with van der Waals surface area (Å²) < 4.78 is 11.7. The quantitative estimate of drug-likeness (QED) is 0.602. The van der Waals surface area contributed by atoms with Crippen LogP contribution in [0.5, 0.6) is 11.5 Å². The van der Waals surface area contributed by atoms with Gasteiger partial charge in [-0.3, -0.25) is 4.79 Å². The Hall–Kier alpha value is -1.76. The number of hydrogen-bond acceptors (Lipinski definition) is 3. The van der Waals surface area contributed by atoms with E-state index in [2.05, 4.69) is 27.9 Å². The molecule has 2 aromatic rings. The van der Waals surface area contributed by atoms with E-state index >= 15 is 0 Å². The number of hydrogen-bond donors (Lipinski definition) is 1. The van der Waals surface area contributed by atoms with Crippen molar-refractivity contribution in [2.45, 2.75) is 0 Å². The summed E-state index contributed by atoms with van der Waals surface area (Å²) >= 11 is 2.15. The number of ether oxygens (including phenoxy) is 2. The van der Waals surface area contributed by atoms with Gasteiger partial charge in [0.25, 0.3) is 5.91 Å². The predicted octanol–water partition coefficient (Wildman–Crippen LogP) is 3.11. The summed E-state index contributed by atoms with van der Waals surface area (Å²) in [5.74, 6) is 1.26. The van der Waals surface area contributed by atoms with Crippen LogP contribution in [0.15, 0.2) is 48.5 Å². The molecule has 0 aliphatic heterocycles. The van der Waals surface area contributed by atoms with Crippen molar-refractivity contribution >= 4 is 28.5 Å². The van der Waals surface area contributed by atoms with Crippen LogP contribution in [0.3, 0.4) is 0 Å². The number of methoxy groups -OCH3 is 1. The third-order valence-electron chi connectivity index (χ3n) is 2.83. The highest BCUT2D eigenvalue weighted by molar-refractivity contribution is 14.1. The van der Waals surface area contributed by atoms with Crippen LogP contribution in [-0.4, -0.2) is 26.2 Å². The number of nitrogens with one attached hydrogen (secondary N) is 1. The summed E-state index contributed by atoms with van der Waals surface area (Å²) in [5, 5.41) is 2.84. The fourth-order valence-corrected chi connectivity index (χ4v) is 2.44. The fraction of sp³-hybridized carbons (Fsp3) is 0.188. The van der Waals surface area contributed by atoms with Gasteiger partial charge >= 0.3 is 0 Å². The molecule has 21 heavy (non-hydrogen) atoms. The summed E-state index contributed by atoms with van der Waals surface area (Å²) in [6.07, 6.45) is 0. The number of carbonyl (C=O) groups excluding carboxylic acids is 1. The molecule has 0 saturated carbocycles. The van der Waals surface area contributed by atoms with Crippen molar-refractivity contribution in [1.29, 1.82) is 0 Å². The molecule has 2 rings (SSSR count). The molecular weight excluding hydrogens is 381 g/mol. The van der Waals surface area contributed by atoms with E-state index in [1.54, 1.807) is 13.2 Å². The van der Waals surface area contributed by atoms with Gasteiger partial charge in [-0.15, -0.1) is 0 Å². The minimum absolute atomic E-state index is 0.0939. The standard InChI is InChI=1S/C16H16INO3/c1-20-14-8-4-5-9-15(14)21-11-10-18-16(19)12-6-2-3-7-13(12)17/h2-9H,10-11H2,1H3,(H,18,19). The Morgan fingerprint density at radius 3 is 2.48 bits per heavy atom. The van der Waals surface area contributed by atoms with E-state index in [0.717, 1.165) is 3.57 Å². The third-order valence-corrected chi connectivity index (χ3v) is 3.77. The fourth-order valence-electron chi connectivity index (χ4n) is 1.80. The summed E-state index contributed by atoms with van der Waals surface area (Å²) in [7, 11) is 1.60. The summed E-state index contributed by atoms with van der Waals surface area (Å²) in [6.45, 7) is 0.817. The van der Waals surface area contributed by atoms with Gasteiger partial charge in [0.2, 0.25) is 0 Å². The predicted molar refractivity (Wildman–Crippen MR) is 90.0 cm³/mol.